The van der Waals surface area contributed by atoms with Crippen LogP contribution in [0.2, 0.25) is 0 Å². The highest BCUT2D eigenvalue weighted by atomic mass is 19.4. The van der Waals surface area contributed by atoms with Gasteiger partial charge in [-0.3, -0.25) is 0 Å². The van der Waals surface area contributed by atoms with Gasteiger partial charge in [0.05, 0.1) is 31.3 Å². The first kappa shape index (κ1) is 21.6. The molecule has 1 fully saturated rings. The quantitative estimate of drug-likeness (QED) is 0.508. The average Bonchev–Trinajstić information content (AvgIpc) is 2.74. The molecule has 27 heavy (non-hydrogen) atoms. The fourth-order valence-corrected chi connectivity index (χ4v) is 2.36. The second-order valence-corrected chi connectivity index (χ2v) is 7.24. The second kappa shape index (κ2) is 7.71. The Labute approximate surface area is 156 Å². The molecule has 9 heteroatoms. The molecule has 1 aliphatic heterocycles. The highest BCUT2D eigenvalue weighted by molar-refractivity contribution is 6.54. The fourth-order valence-electron chi connectivity index (χ4n) is 2.36. The predicted molar refractivity (Wildman–Crippen MR) is 94.3 cm³/mol. The molecule has 0 amide bonds. The van der Waals surface area contributed by atoms with Gasteiger partial charge in [-0.05, 0) is 51.5 Å². The molecule has 0 spiro atoms. The van der Waals surface area contributed by atoms with Gasteiger partial charge in [0.25, 0.3) is 0 Å². The van der Waals surface area contributed by atoms with Crippen molar-refractivity contribution in [3.8, 4) is 11.5 Å². The summed E-state index contributed by atoms with van der Waals surface area (Å²) in [5, 5.41) is 0. The first-order valence-corrected chi connectivity index (χ1v) is 8.45. The molecule has 1 aliphatic rings. The summed E-state index contributed by atoms with van der Waals surface area (Å²) in [4.78, 5) is 0. The third-order valence-corrected chi connectivity index (χ3v) is 4.61. The van der Waals surface area contributed by atoms with Crippen molar-refractivity contribution in [1.82, 2.24) is 0 Å². The van der Waals surface area contributed by atoms with E-state index in [0.717, 1.165) is 0 Å². The number of ether oxygens (including phenoxy) is 2. The molecule has 0 aliphatic carbocycles. The topological polar surface area (TPSA) is 36.9 Å². The smallest absolute Gasteiger partial charge is 0.493 e. The lowest BCUT2D eigenvalue weighted by atomic mass is 9.87. The van der Waals surface area contributed by atoms with Crippen molar-refractivity contribution in [3.05, 3.63) is 29.5 Å². The molecule has 0 unspecified atom stereocenters. The summed E-state index contributed by atoms with van der Waals surface area (Å²) >= 11 is 0. The molecular formula is C18H23BF4O4. The van der Waals surface area contributed by atoms with Crippen LogP contribution in [-0.2, 0) is 9.31 Å². The van der Waals surface area contributed by atoms with E-state index in [1.54, 1.807) is 33.8 Å². The Balaban J connectivity index is 2.16. The van der Waals surface area contributed by atoms with E-state index in [1.165, 1.54) is 25.3 Å². The highest BCUT2D eigenvalue weighted by Crippen LogP contribution is 2.39. The molecule has 1 saturated heterocycles. The van der Waals surface area contributed by atoms with Crippen LogP contribution in [0.5, 0.6) is 11.5 Å². The van der Waals surface area contributed by atoms with Gasteiger partial charge in [-0.15, -0.1) is 0 Å². The van der Waals surface area contributed by atoms with Crippen LogP contribution in [0.3, 0.4) is 0 Å². The first-order valence-electron chi connectivity index (χ1n) is 8.45. The SMILES string of the molecule is COc1ccc(C=C(F)B2OC(C)(C)C(C)(C)O2)cc1OCCC(F)(F)F. The molecule has 2 rings (SSSR count). The lowest BCUT2D eigenvalue weighted by Gasteiger charge is -2.32. The van der Waals surface area contributed by atoms with Gasteiger partial charge < -0.3 is 18.8 Å². The van der Waals surface area contributed by atoms with Crippen LogP contribution in [0, 0.1) is 0 Å². The van der Waals surface area contributed by atoms with Crippen molar-refractivity contribution in [2.75, 3.05) is 13.7 Å². The van der Waals surface area contributed by atoms with Gasteiger partial charge in [0.2, 0.25) is 0 Å². The number of halogens is 4. The number of hydrogen-bond donors (Lipinski definition) is 0. The molecular weight excluding hydrogens is 367 g/mol. The minimum atomic E-state index is -4.33. The Morgan fingerprint density at radius 3 is 2.22 bits per heavy atom. The van der Waals surface area contributed by atoms with Crippen LogP contribution in [0.15, 0.2) is 23.9 Å². The largest absolute Gasteiger partial charge is 0.525 e. The van der Waals surface area contributed by atoms with E-state index in [4.69, 9.17) is 18.8 Å². The third-order valence-electron chi connectivity index (χ3n) is 4.61. The standard InChI is InChI=1S/C18H23BF4O4/c1-16(2)17(3,4)27-19(26-16)15(20)11-12-6-7-13(24-5)14(10-12)25-9-8-18(21,22)23/h6-7,10-11H,8-9H2,1-5H3. The van der Waals surface area contributed by atoms with E-state index in [1.807, 2.05) is 0 Å². The molecule has 1 aromatic rings. The van der Waals surface area contributed by atoms with Crippen molar-refractivity contribution < 1.29 is 36.3 Å². The number of methoxy groups -OCH3 is 1. The fraction of sp³-hybridized carbons (Fsp3) is 0.556. The van der Waals surface area contributed by atoms with E-state index in [2.05, 4.69) is 0 Å². The van der Waals surface area contributed by atoms with E-state index < -0.39 is 43.3 Å². The summed E-state index contributed by atoms with van der Waals surface area (Å²) in [6, 6.07) is 4.45. The highest BCUT2D eigenvalue weighted by Gasteiger charge is 2.53. The lowest BCUT2D eigenvalue weighted by molar-refractivity contribution is -0.139. The summed E-state index contributed by atoms with van der Waals surface area (Å²) in [7, 11) is 0.207. The van der Waals surface area contributed by atoms with Crippen LogP contribution < -0.4 is 9.47 Å². The van der Waals surface area contributed by atoms with Crippen molar-refractivity contribution in [2.45, 2.75) is 51.5 Å². The molecule has 150 valence electrons. The van der Waals surface area contributed by atoms with E-state index in [9.17, 15) is 17.6 Å². The third kappa shape index (κ3) is 5.38. The van der Waals surface area contributed by atoms with Gasteiger partial charge in [0.1, 0.15) is 5.73 Å². The Morgan fingerprint density at radius 1 is 1.11 bits per heavy atom. The summed E-state index contributed by atoms with van der Waals surface area (Å²) in [5.41, 5.74) is -1.64. The maximum atomic E-state index is 14.6. The van der Waals surface area contributed by atoms with Crippen molar-refractivity contribution in [1.29, 1.82) is 0 Å². The maximum absolute atomic E-state index is 14.6. The molecule has 0 radical (unpaired) electrons. The zero-order valence-corrected chi connectivity index (χ0v) is 15.9. The zero-order chi connectivity index (χ0) is 20.5. The van der Waals surface area contributed by atoms with Crippen LogP contribution in [0.4, 0.5) is 17.6 Å². The summed E-state index contributed by atoms with van der Waals surface area (Å²) in [5.74, 6) is 0.350. The summed E-state index contributed by atoms with van der Waals surface area (Å²) < 4.78 is 73.0. The minimum Gasteiger partial charge on any atom is -0.493 e. The summed E-state index contributed by atoms with van der Waals surface area (Å²) in [6.07, 6.45) is -4.23. The molecule has 0 N–H and O–H groups in total. The van der Waals surface area contributed by atoms with Crippen molar-refractivity contribution in [2.24, 2.45) is 0 Å². The Hall–Kier alpha value is -1.74. The van der Waals surface area contributed by atoms with Crippen LogP contribution in [0.1, 0.15) is 39.7 Å². The van der Waals surface area contributed by atoms with Crippen molar-refractivity contribution >= 4 is 13.2 Å². The second-order valence-electron chi connectivity index (χ2n) is 7.24. The van der Waals surface area contributed by atoms with Gasteiger partial charge in [-0.25, -0.2) is 4.39 Å². The molecule has 0 aromatic heterocycles. The van der Waals surface area contributed by atoms with Crippen LogP contribution in [0.25, 0.3) is 6.08 Å². The maximum Gasteiger partial charge on any atom is 0.525 e. The van der Waals surface area contributed by atoms with Crippen molar-refractivity contribution in [3.63, 3.8) is 0 Å². The van der Waals surface area contributed by atoms with Gasteiger partial charge in [-0.2, -0.15) is 13.2 Å². The van der Waals surface area contributed by atoms with Gasteiger partial charge in [0.15, 0.2) is 11.5 Å². The van der Waals surface area contributed by atoms with Crippen LogP contribution >= 0.6 is 0 Å². The van der Waals surface area contributed by atoms with Crippen LogP contribution in [-0.4, -0.2) is 38.2 Å². The van der Waals surface area contributed by atoms with Gasteiger partial charge in [0, 0.05) is 0 Å². The number of hydrogen-bond acceptors (Lipinski definition) is 4. The predicted octanol–water partition coefficient (Wildman–Crippen LogP) is 4.97. The Kier molecular flexibility index (Phi) is 6.16. The molecule has 1 aromatic carbocycles. The molecule has 0 atom stereocenters. The Morgan fingerprint density at radius 2 is 1.70 bits per heavy atom. The number of rotatable bonds is 6. The first-order chi connectivity index (χ1) is 12.3. The van der Waals surface area contributed by atoms with Gasteiger partial charge in [-0.1, -0.05) is 6.07 Å². The Bertz CT molecular complexity index is 685. The monoisotopic (exact) mass is 390 g/mol. The van der Waals surface area contributed by atoms with Gasteiger partial charge >= 0.3 is 13.3 Å². The molecule has 0 saturated carbocycles. The molecule has 1 heterocycles. The zero-order valence-electron chi connectivity index (χ0n) is 15.9. The average molecular weight is 390 g/mol. The molecule has 4 nitrogen and oxygen atoms in total. The minimum absolute atomic E-state index is 0.0946. The summed E-state index contributed by atoms with van der Waals surface area (Å²) in [6.45, 7) is 6.66. The lowest BCUT2D eigenvalue weighted by Crippen LogP contribution is -2.41. The number of alkyl halides is 3. The normalized spacial score (nSPS) is 19.3. The van der Waals surface area contributed by atoms with E-state index in [0.29, 0.717) is 5.56 Å². The van der Waals surface area contributed by atoms with E-state index in [-0.39, 0.29) is 11.5 Å². The number of benzene rings is 1. The van der Waals surface area contributed by atoms with E-state index >= 15 is 0 Å². The molecule has 0 bridgehead atoms.